The van der Waals surface area contributed by atoms with Gasteiger partial charge in [-0.3, -0.25) is 4.79 Å². The van der Waals surface area contributed by atoms with Gasteiger partial charge in [0.25, 0.3) is 5.91 Å². The molecule has 0 saturated carbocycles. The molecule has 0 heterocycles. The zero-order valence-corrected chi connectivity index (χ0v) is 13.8. The first-order chi connectivity index (χ1) is 10.1. The Hall–Kier alpha value is -1.81. The lowest BCUT2D eigenvalue weighted by atomic mass is 10.1. The number of carbonyl (C=O) groups excluding carboxylic acids is 1. The van der Waals surface area contributed by atoms with Gasteiger partial charge in [0.05, 0.1) is 0 Å². The summed E-state index contributed by atoms with van der Waals surface area (Å²) in [5.41, 5.74) is 2.87. The lowest BCUT2D eigenvalue weighted by Gasteiger charge is -2.17. The second-order valence-electron chi connectivity index (χ2n) is 4.82. The minimum Gasteiger partial charge on any atom is -0.378 e. The summed E-state index contributed by atoms with van der Waals surface area (Å²) in [7, 11) is 0. The van der Waals surface area contributed by atoms with Crippen LogP contribution in [-0.2, 0) is 0 Å². The molecule has 110 valence electrons. The molecule has 1 amide bonds. The molecule has 0 spiro atoms. The molecule has 0 aromatic heterocycles. The Morgan fingerprint density at radius 1 is 1.14 bits per heavy atom. The topological polar surface area (TPSA) is 41.1 Å². The number of rotatable bonds is 5. The van der Waals surface area contributed by atoms with Crippen molar-refractivity contribution in [2.75, 3.05) is 11.9 Å². The van der Waals surface area contributed by atoms with E-state index in [1.807, 2.05) is 49.4 Å². The highest BCUT2D eigenvalue weighted by Gasteiger charge is 2.09. The molecular weight excluding hydrogens is 328 g/mol. The lowest BCUT2D eigenvalue weighted by molar-refractivity contribution is 0.0956. The number of nitrogens with one attached hydrogen (secondary N) is 2. The maximum atomic E-state index is 11.7. The molecule has 1 atom stereocenters. The molecule has 3 nitrogen and oxygen atoms in total. The van der Waals surface area contributed by atoms with Gasteiger partial charge >= 0.3 is 0 Å². The van der Waals surface area contributed by atoms with Gasteiger partial charge < -0.3 is 10.6 Å². The molecule has 0 saturated heterocycles. The Kier molecular flexibility index (Phi) is 5.39. The maximum Gasteiger partial charge on any atom is 0.251 e. The monoisotopic (exact) mass is 346 g/mol. The second kappa shape index (κ2) is 7.27. The molecule has 0 aliphatic carbocycles. The van der Waals surface area contributed by atoms with Gasteiger partial charge in [-0.25, -0.2) is 0 Å². The van der Waals surface area contributed by atoms with E-state index in [-0.39, 0.29) is 11.9 Å². The first kappa shape index (κ1) is 15.6. The standard InChI is InChI=1S/C17H19BrN2O/c1-3-19-17(21)13-8-10-14(11-9-13)20-12(2)15-6-4-5-7-16(15)18/h4-12,20H,3H2,1-2H3,(H,19,21). The molecule has 4 heteroatoms. The Bertz CT molecular complexity index is 610. The number of hydrogen-bond acceptors (Lipinski definition) is 2. The maximum absolute atomic E-state index is 11.7. The first-order valence-corrected chi connectivity index (χ1v) is 7.80. The summed E-state index contributed by atoms with van der Waals surface area (Å²) in [4.78, 5) is 11.7. The van der Waals surface area contributed by atoms with Crippen LogP contribution in [0.2, 0.25) is 0 Å². The van der Waals surface area contributed by atoms with Gasteiger partial charge in [-0.2, -0.15) is 0 Å². The van der Waals surface area contributed by atoms with E-state index in [0.717, 1.165) is 10.2 Å². The van der Waals surface area contributed by atoms with Crippen LogP contribution in [0.15, 0.2) is 53.0 Å². The third-order valence-electron chi connectivity index (χ3n) is 3.24. The van der Waals surface area contributed by atoms with E-state index in [9.17, 15) is 4.79 Å². The van der Waals surface area contributed by atoms with Gasteiger partial charge in [-0.05, 0) is 49.7 Å². The third kappa shape index (κ3) is 4.08. The summed E-state index contributed by atoms with van der Waals surface area (Å²) in [5, 5.41) is 6.23. The smallest absolute Gasteiger partial charge is 0.251 e. The Balaban J connectivity index is 2.07. The van der Waals surface area contributed by atoms with Crippen molar-refractivity contribution in [1.29, 1.82) is 0 Å². The lowest BCUT2D eigenvalue weighted by Crippen LogP contribution is -2.22. The largest absolute Gasteiger partial charge is 0.378 e. The van der Waals surface area contributed by atoms with E-state index in [0.29, 0.717) is 12.1 Å². The molecule has 1 unspecified atom stereocenters. The third-order valence-corrected chi connectivity index (χ3v) is 3.96. The molecule has 0 radical (unpaired) electrons. The minimum atomic E-state index is -0.0390. The van der Waals surface area contributed by atoms with Gasteiger partial charge in [-0.1, -0.05) is 34.1 Å². The van der Waals surface area contributed by atoms with E-state index in [1.54, 1.807) is 0 Å². The normalized spacial score (nSPS) is 11.8. The molecule has 2 aromatic carbocycles. The van der Waals surface area contributed by atoms with Gasteiger partial charge in [0.15, 0.2) is 0 Å². The number of hydrogen-bond donors (Lipinski definition) is 2. The van der Waals surface area contributed by atoms with Crippen molar-refractivity contribution in [3.8, 4) is 0 Å². The van der Waals surface area contributed by atoms with E-state index >= 15 is 0 Å². The number of halogens is 1. The van der Waals surface area contributed by atoms with Crippen LogP contribution in [0.4, 0.5) is 5.69 Å². The molecule has 21 heavy (non-hydrogen) atoms. The first-order valence-electron chi connectivity index (χ1n) is 7.01. The van der Waals surface area contributed by atoms with Crippen LogP contribution in [0.5, 0.6) is 0 Å². The molecule has 0 bridgehead atoms. The van der Waals surface area contributed by atoms with Crippen molar-refractivity contribution in [3.05, 3.63) is 64.1 Å². The van der Waals surface area contributed by atoms with E-state index in [1.165, 1.54) is 5.56 Å². The average Bonchev–Trinajstić information content (AvgIpc) is 2.48. The molecular formula is C17H19BrN2O. The zero-order chi connectivity index (χ0) is 15.2. The van der Waals surface area contributed by atoms with Crippen LogP contribution in [0.3, 0.4) is 0 Å². The summed E-state index contributed by atoms with van der Waals surface area (Å²) >= 11 is 3.57. The van der Waals surface area contributed by atoms with E-state index in [2.05, 4.69) is 39.6 Å². The Morgan fingerprint density at radius 3 is 2.43 bits per heavy atom. The van der Waals surface area contributed by atoms with Crippen molar-refractivity contribution in [1.82, 2.24) is 5.32 Å². The molecule has 0 fully saturated rings. The van der Waals surface area contributed by atoms with Crippen LogP contribution in [-0.4, -0.2) is 12.5 Å². The van der Waals surface area contributed by atoms with Gasteiger partial charge in [0.2, 0.25) is 0 Å². The van der Waals surface area contributed by atoms with Gasteiger partial charge in [0.1, 0.15) is 0 Å². The van der Waals surface area contributed by atoms with E-state index in [4.69, 9.17) is 0 Å². The highest BCUT2D eigenvalue weighted by molar-refractivity contribution is 9.10. The summed E-state index contributed by atoms with van der Waals surface area (Å²) in [5.74, 6) is -0.0390. The predicted octanol–water partition coefficient (Wildman–Crippen LogP) is 4.37. The SMILES string of the molecule is CCNC(=O)c1ccc(NC(C)c2ccccc2Br)cc1. The quantitative estimate of drug-likeness (QED) is 0.843. The number of benzene rings is 2. The van der Waals surface area contributed by atoms with Crippen molar-refractivity contribution in [2.45, 2.75) is 19.9 Å². The summed E-state index contributed by atoms with van der Waals surface area (Å²) in [6, 6.07) is 15.8. The molecule has 2 N–H and O–H groups in total. The number of amides is 1. The molecule has 0 aliphatic rings. The Morgan fingerprint density at radius 2 is 1.81 bits per heavy atom. The van der Waals surface area contributed by atoms with Gasteiger partial charge in [-0.15, -0.1) is 0 Å². The number of anilines is 1. The summed E-state index contributed by atoms with van der Waals surface area (Å²) in [6.45, 7) is 4.66. The fraction of sp³-hybridized carbons (Fsp3) is 0.235. The second-order valence-corrected chi connectivity index (χ2v) is 5.68. The van der Waals surface area contributed by atoms with Crippen molar-refractivity contribution < 1.29 is 4.79 Å². The van der Waals surface area contributed by atoms with Gasteiger partial charge in [0, 0.05) is 28.3 Å². The van der Waals surface area contributed by atoms with Crippen LogP contribution < -0.4 is 10.6 Å². The molecule has 2 aromatic rings. The van der Waals surface area contributed by atoms with Crippen LogP contribution in [0, 0.1) is 0 Å². The van der Waals surface area contributed by atoms with Crippen molar-refractivity contribution in [3.63, 3.8) is 0 Å². The zero-order valence-electron chi connectivity index (χ0n) is 12.2. The fourth-order valence-corrected chi connectivity index (χ4v) is 2.76. The Labute approximate surface area is 133 Å². The highest BCUT2D eigenvalue weighted by atomic mass is 79.9. The van der Waals surface area contributed by atoms with Crippen LogP contribution in [0.1, 0.15) is 35.8 Å². The summed E-state index contributed by atoms with van der Waals surface area (Å²) in [6.07, 6.45) is 0. The molecule has 0 aliphatic heterocycles. The fourth-order valence-electron chi connectivity index (χ4n) is 2.13. The minimum absolute atomic E-state index is 0.0390. The van der Waals surface area contributed by atoms with Crippen molar-refractivity contribution >= 4 is 27.5 Å². The number of carbonyl (C=O) groups is 1. The molecule has 2 rings (SSSR count). The highest BCUT2D eigenvalue weighted by Crippen LogP contribution is 2.26. The predicted molar refractivity (Wildman–Crippen MR) is 90.6 cm³/mol. The van der Waals surface area contributed by atoms with Crippen LogP contribution >= 0.6 is 15.9 Å². The van der Waals surface area contributed by atoms with E-state index < -0.39 is 0 Å². The average molecular weight is 347 g/mol. The van der Waals surface area contributed by atoms with Crippen molar-refractivity contribution in [2.24, 2.45) is 0 Å². The summed E-state index contributed by atoms with van der Waals surface area (Å²) < 4.78 is 1.09. The van der Waals surface area contributed by atoms with Crippen LogP contribution in [0.25, 0.3) is 0 Å².